The van der Waals surface area contributed by atoms with Crippen molar-refractivity contribution in [3.05, 3.63) is 22.8 Å². The minimum absolute atomic E-state index is 0.250. The van der Waals surface area contributed by atoms with Crippen molar-refractivity contribution in [2.45, 2.75) is 13.8 Å². The lowest BCUT2D eigenvalue weighted by molar-refractivity contribution is 0.0525. The molecule has 0 spiro atoms. The van der Waals surface area contributed by atoms with Crippen LogP contribution in [0.15, 0.2) is 6.07 Å². The van der Waals surface area contributed by atoms with Gasteiger partial charge in [0.1, 0.15) is 6.07 Å². The predicted molar refractivity (Wildman–Crippen MR) is 73.5 cm³/mol. The van der Waals surface area contributed by atoms with Gasteiger partial charge in [-0.05, 0) is 25.5 Å². The van der Waals surface area contributed by atoms with Gasteiger partial charge < -0.3 is 15.8 Å². The van der Waals surface area contributed by atoms with Crippen LogP contribution in [-0.2, 0) is 4.74 Å². The molecule has 5 nitrogen and oxygen atoms in total. The van der Waals surface area contributed by atoms with Crippen molar-refractivity contribution in [3.8, 4) is 6.07 Å². The zero-order chi connectivity index (χ0) is 13.7. The van der Waals surface area contributed by atoms with Crippen molar-refractivity contribution in [2.24, 2.45) is 0 Å². The van der Waals surface area contributed by atoms with Crippen LogP contribution in [0.25, 0.3) is 0 Å². The monoisotopic (exact) mass is 263 g/mol. The maximum absolute atomic E-state index is 11.8. The van der Waals surface area contributed by atoms with E-state index in [0.29, 0.717) is 16.8 Å². The van der Waals surface area contributed by atoms with Crippen LogP contribution in [0, 0.1) is 18.3 Å². The molecule has 0 bridgehead atoms. The maximum atomic E-state index is 11.8. The van der Waals surface area contributed by atoms with Crippen molar-refractivity contribution in [1.82, 2.24) is 0 Å². The van der Waals surface area contributed by atoms with Crippen molar-refractivity contribution >= 4 is 35.1 Å². The Morgan fingerprint density at radius 3 is 2.89 bits per heavy atom. The molecule has 0 heterocycles. The zero-order valence-electron chi connectivity index (χ0n) is 10.1. The molecule has 18 heavy (non-hydrogen) atoms. The average Bonchev–Trinajstić information content (AvgIpc) is 2.33. The molecule has 6 heteroatoms. The highest BCUT2D eigenvalue weighted by Gasteiger charge is 2.18. The van der Waals surface area contributed by atoms with E-state index in [1.54, 1.807) is 13.8 Å². The number of nitrogen functional groups attached to an aromatic ring is 1. The van der Waals surface area contributed by atoms with Gasteiger partial charge in [0.2, 0.25) is 0 Å². The average molecular weight is 263 g/mol. The van der Waals surface area contributed by atoms with E-state index >= 15 is 0 Å². The number of rotatable bonds is 4. The molecule has 0 amide bonds. The Balaban J connectivity index is 3.44. The number of nitrogens with zero attached hydrogens (tertiary/aromatic N) is 1. The number of esters is 1. The highest BCUT2D eigenvalue weighted by atomic mass is 32.1. The Bertz CT molecular complexity index is 535. The van der Waals surface area contributed by atoms with Gasteiger partial charge in [0.05, 0.1) is 34.6 Å². The van der Waals surface area contributed by atoms with E-state index in [0.717, 1.165) is 0 Å². The summed E-state index contributed by atoms with van der Waals surface area (Å²) in [4.78, 5) is 11.8. The van der Waals surface area contributed by atoms with E-state index in [-0.39, 0.29) is 17.9 Å². The second-order valence-corrected chi connectivity index (χ2v) is 3.72. The number of ether oxygens (including phenoxy) is 1. The first-order chi connectivity index (χ1) is 8.56. The Labute approximate surface area is 111 Å². The number of thiocarbonyl (C=S) groups is 1. The van der Waals surface area contributed by atoms with E-state index in [9.17, 15) is 4.79 Å². The molecule has 0 saturated carbocycles. The van der Waals surface area contributed by atoms with E-state index in [4.69, 9.17) is 15.7 Å². The summed E-state index contributed by atoms with van der Waals surface area (Å²) in [5.41, 5.74) is 8.84. The van der Waals surface area contributed by atoms with E-state index < -0.39 is 5.97 Å². The largest absolute Gasteiger partial charge is 0.462 e. The summed E-state index contributed by atoms with van der Waals surface area (Å²) in [5, 5.41) is 11.8. The van der Waals surface area contributed by atoms with Crippen LogP contribution < -0.4 is 11.1 Å². The number of nitrogens with one attached hydrogen (secondary N) is 1. The lowest BCUT2D eigenvalue weighted by atomic mass is 9.99. The quantitative estimate of drug-likeness (QED) is 0.490. The second kappa shape index (κ2) is 5.98. The molecule has 0 aliphatic rings. The standard InChI is InChI=1S/C12H13N3O2S/c1-3-17-12(16)8-4-10(15-6-18)11(14)9(5-13)7(8)2/h4,6H,3,14H2,1-2H3,(H,15,18). The number of nitriles is 1. The number of hydrogen-bond acceptors (Lipinski definition) is 5. The van der Waals surface area contributed by atoms with Gasteiger partial charge >= 0.3 is 5.97 Å². The van der Waals surface area contributed by atoms with E-state index in [1.165, 1.54) is 11.6 Å². The number of carbonyl (C=O) groups excluding carboxylic acids is 1. The molecule has 3 N–H and O–H groups in total. The molecule has 0 unspecified atom stereocenters. The van der Waals surface area contributed by atoms with Crippen molar-refractivity contribution in [1.29, 1.82) is 5.26 Å². The first-order valence-electron chi connectivity index (χ1n) is 5.27. The van der Waals surface area contributed by atoms with E-state index in [2.05, 4.69) is 17.5 Å². The molecule has 0 saturated heterocycles. The lowest BCUT2D eigenvalue weighted by Crippen LogP contribution is -2.11. The number of benzene rings is 1. The highest BCUT2D eigenvalue weighted by molar-refractivity contribution is 7.79. The molecular formula is C12H13N3O2S. The Morgan fingerprint density at radius 2 is 2.39 bits per heavy atom. The third-order valence-corrected chi connectivity index (χ3v) is 2.57. The SMILES string of the molecule is CCOC(=O)c1cc(NC=S)c(N)c(C#N)c1C. The fraction of sp³-hybridized carbons (Fsp3) is 0.250. The van der Waals surface area contributed by atoms with Gasteiger partial charge in [0.15, 0.2) is 0 Å². The Morgan fingerprint density at radius 1 is 1.72 bits per heavy atom. The molecule has 1 aromatic rings. The minimum Gasteiger partial charge on any atom is -0.462 e. The van der Waals surface area contributed by atoms with Crippen LogP contribution in [-0.4, -0.2) is 18.1 Å². The van der Waals surface area contributed by atoms with Gasteiger partial charge in [0, 0.05) is 0 Å². The summed E-state index contributed by atoms with van der Waals surface area (Å²) >= 11 is 4.68. The lowest BCUT2D eigenvalue weighted by Gasteiger charge is -2.13. The maximum Gasteiger partial charge on any atom is 0.338 e. The molecule has 1 rings (SSSR count). The molecule has 94 valence electrons. The summed E-state index contributed by atoms with van der Waals surface area (Å²) in [6.07, 6.45) is 0. The van der Waals surface area contributed by atoms with Crippen LogP contribution in [0.2, 0.25) is 0 Å². The summed E-state index contributed by atoms with van der Waals surface area (Å²) in [5.74, 6) is -0.487. The summed E-state index contributed by atoms with van der Waals surface area (Å²) in [6, 6.07) is 3.51. The molecule has 1 aromatic carbocycles. The van der Waals surface area contributed by atoms with Gasteiger partial charge in [0.25, 0.3) is 0 Å². The molecular weight excluding hydrogens is 250 g/mol. The Kier molecular flexibility index (Phi) is 4.63. The van der Waals surface area contributed by atoms with Crippen LogP contribution in [0.3, 0.4) is 0 Å². The second-order valence-electron chi connectivity index (χ2n) is 3.48. The zero-order valence-corrected chi connectivity index (χ0v) is 10.9. The van der Waals surface area contributed by atoms with Gasteiger partial charge in [-0.3, -0.25) is 0 Å². The number of nitrogens with two attached hydrogens (primary N) is 1. The number of carbonyl (C=O) groups is 1. The normalized spacial score (nSPS) is 9.39. The molecule has 0 atom stereocenters. The summed E-state index contributed by atoms with van der Waals surface area (Å²) in [7, 11) is 0. The summed E-state index contributed by atoms with van der Waals surface area (Å²) in [6.45, 7) is 3.63. The predicted octanol–water partition coefficient (Wildman–Crippen LogP) is 1.99. The number of anilines is 2. The van der Waals surface area contributed by atoms with Crippen LogP contribution in [0.5, 0.6) is 0 Å². The molecule has 0 aromatic heterocycles. The fourth-order valence-corrected chi connectivity index (χ4v) is 1.68. The highest BCUT2D eigenvalue weighted by Crippen LogP contribution is 2.29. The summed E-state index contributed by atoms with van der Waals surface area (Å²) < 4.78 is 4.93. The van der Waals surface area contributed by atoms with Crippen molar-refractivity contribution in [3.63, 3.8) is 0 Å². The van der Waals surface area contributed by atoms with Crippen LogP contribution in [0.1, 0.15) is 28.4 Å². The molecule has 0 radical (unpaired) electrons. The molecule has 0 aliphatic carbocycles. The third kappa shape index (κ3) is 2.57. The molecule has 0 aliphatic heterocycles. The first-order valence-corrected chi connectivity index (χ1v) is 5.74. The number of hydrogen-bond donors (Lipinski definition) is 2. The van der Waals surface area contributed by atoms with Gasteiger partial charge in [-0.2, -0.15) is 5.26 Å². The topological polar surface area (TPSA) is 88.1 Å². The van der Waals surface area contributed by atoms with Gasteiger partial charge in [-0.15, -0.1) is 0 Å². The third-order valence-electron chi connectivity index (χ3n) is 2.45. The van der Waals surface area contributed by atoms with Gasteiger partial charge in [-0.25, -0.2) is 4.79 Å². The smallest absolute Gasteiger partial charge is 0.338 e. The van der Waals surface area contributed by atoms with Crippen molar-refractivity contribution in [2.75, 3.05) is 17.7 Å². The van der Waals surface area contributed by atoms with E-state index in [1.807, 2.05) is 6.07 Å². The van der Waals surface area contributed by atoms with Gasteiger partial charge in [-0.1, -0.05) is 12.2 Å². The molecule has 0 fully saturated rings. The first kappa shape index (κ1) is 13.9. The fourth-order valence-electron chi connectivity index (χ4n) is 1.55. The Hall–Kier alpha value is -2.13. The van der Waals surface area contributed by atoms with Crippen molar-refractivity contribution < 1.29 is 9.53 Å². The van der Waals surface area contributed by atoms with Crippen LogP contribution in [0.4, 0.5) is 11.4 Å². The van der Waals surface area contributed by atoms with Crippen LogP contribution >= 0.6 is 12.2 Å². The minimum atomic E-state index is -0.487.